The fraction of sp³-hybridized carbons (Fsp3) is 0.259. The van der Waals surface area contributed by atoms with Gasteiger partial charge < -0.3 is 10.2 Å². The van der Waals surface area contributed by atoms with Crippen LogP contribution in [0.3, 0.4) is 0 Å². The highest BCUT2D eigenvalue weighted by atomic mass is 32.2. The quantitative estimate of drug-likeness (QED) is 0.470. The van der Waals surface area contributed by atoms with E-state index in [0.29, 0.717) is 6.42 Å². The predicted octanol–water partition coefficient (Wildman–Crippen LogP) is 3.00. The summed E-state index contributed by atoms with van der Waals surface area (Å²) in [7, 11) is -0.980. The summed E-state index contributed by atoms with van der Waals surface area (Å²) in [5.41, 5.74) is 2.67. The molecule has 0 fully saturated rings. The summed E-state index contributed by atoms with van der Waals surface area (Å²) in [6.07, 6.45) is 0.299. The van der Waals surface area contributed by atoms with Crippen LogP contribution in [-0.4, -0.2) is 56.1 Å². The van der Waals surface area contributed by atoms with Gasteiger partial charge in [-0.2, -0.15) is 4.31 Å². The Morgan fingerprint density at radius 2 is 1.40 bits per heavy atom. The molecule has 3 aromatic rings. The van der Waals surface area contributed by atoms with Crippen LogP contribution in [0.1, 0.15) is 16.7 Å². The Kier molecular flexibility index (Phi) is 8.78. The van der Waals surface area contributed by atoms with Crippen molar-refractivity contribution < 1.29 is 18.0 Å². The molecule has 0 saturated carbocycles. The van der Waals surface area contributed by atoms with Crippen molar-refractivity contribution in [2.45, 2.75) is 30.8 Å². The van der Waals surface area contributed by atoms with Crippen molar-refractivity contribution in [2.24, 2.45) is 0 Å². The Morgan fingerprint density at radius 3 is 1.94 bits per heavy atom. The summed E-state index contributed by atoms with van der Waals surface area (Å²) in [4.78, 5) is 28.1. The number of likely N-dealkylation sites (N-methyl/N-ethyl adjacent to an activating group) is 2. The van der Waals surface area contributed by atoms with E-state index in [1.165, 1.54) is 31.1 Å². The summed E-state index contributed by atoms with van der Waals surface area (Å²) in [6, 6.07) is 24.4. The van der Waals surface area contributed by atoms with E-state index >= 15 is 0 Å². The molecule has 1 atom stereocenters. The SMILES string of the molecule is CNC(=O)[C@@H](Cc1ccccc1)N(Cc1ccccc1)C(=O)CN(C)S(=O)(=O)c1ccc(C)cc1. The van der Waals surface area contributed by atoms with Crippen molar-refractivity contribution in [3.63, 3.8) is 0 Å². The third-order valence-electron chi connectivity index (χ3n) is 5.80. The van der Waals surface area contributed by atoms with Gasteiger partial charge in [0.1, 0.15) is 6.04 Å². The number of hydrogen-bond acceptors (Lipinski definition) is 4. The van der Waals surface area contributed by atoms with E-state index in [4.69, 9.17) is 0 Å². The molecule has 0 saturated heterocycles. The first-order chi connectivity index (χ1) is 16.7. The molecule has 1 N–H and O–H groups in total. The van der Waals surface area contributed by atoms with Crippen LogP contribution in [0.25, 0.3) is 0 Å². The molecule has 3 aromatic carbocycles. The van der Waals surface area contributed by atoms with Crippen LogP contribution in [0, 0.1) is 6.92 Å². The summed E-state index contributed by atoms with van der Waals surface area (Å²) in [5, 5.41) is 2.66. The smallest absolute Gasteiger partial charge is 0.243 e. The van der Waals surface area contributed by atoms with E-state index in [-0.39, 0.29) is 17.3 Å². The molecule has 3 rings (SSSR count). The number of hydrogen-bond donors (Lipinski definition) is 1. The van der Waals surface area contributed by atoms with Crippen LogP contribution in [0.15, 0.2) is 89.8 Å². The molecule has 2 amide bonds. The lowest BCUT2D eigenvalue weighted by molar-refractivity contribution is -0.141. The van der Waals surface area contributed by atoms with Gasteiger partial charge in [-0.1, -0.05) is 78.4 Å². The van der Waals surface area contributed by atoms with Gasteiger partial charge in [-0.15, -0.1) is 0 Å². The highest BCUT2D eigenvalue weighted by Crippen LogP contribution is 2.18. The van der Waals surface area contributed by atoms with Gasteiger partial charge in [0.05, 0.1) is 11.4 Å². The summed E-state index contributed by atoms with van der Waals surface area (Å²) in [5.74, 6) is -0.779. The number of benzene rings is 3. The topological polar surface area (TPSA) is 86.8 Å². The molecule has 0 heterocycles. The number of nitrogens with zero attached hydrogens (tertiary/aromatic N) is 2. The number of amides is 2. The van der Waals surface area contributed by atoms with Gasteiger partial charge in [0.15, 0.2) is 0 Å². The molecule has 0 aliphatic carbocycles. The Bertz CT molecular complexity index is 1230. The molecular weight excluding hydrogens is 462 g/mol. The summed E-state index contributed by atoms with van der Waals surface area (Å²) >= 11 is 0. The molecule has 0 spiro atoms. The number of carbonyl (C=O) groups excluding carboxylic acids is 2. The van der Waals surface area contributed by atoms with Gasteiger partial charge in [-0.05, 0) is 30.2 Å². The minimum Gasteiger partial charge on any atom is -0.357 e. The Balaban J connectivity index is 1.91. The van der Waals surface area contributed by atoms with E-state index < -0.39 is 28.5 Å². The molecule has 8 heteroatoms. The lowest BCUT2D eigenvalue weighted by Crippen LogP contribution is -2.52. The molecule has 0 unspecified atom stereocenters. The number of sulfonamides is 1. The molecular formula is C27H31N3O4S. The zero-order valence-electron chi connectivity index (χ0n) is 20.2. The van der Waals surface area contributed by atoms with E-state index in [1.807, 2.05) is 67.6 Å². The largest absolute Gasteiger partial charge is 0.357 e. The zero-order chi connectivity index (χ0) is 25.4. The monoisotopic (exact) mass is 493 g/mol. The first-order valence-electron chi connectivity index (χ1n) is 11.3. The molecule has 0 bridgehead atoms. The molecule has 35 heavy (non-hydrogen) atoms. The molecule has 0 radical (unpaired) electrons. The average molecular weight is 494 g/mol. The average Bonchev–Trinajstić information content (AvgIpc) is 2.87. The standard InChI is InChI=1S/C27H31N3O4S/c1-21-14-16-24(17-15-21)35(33,34)29(3)20-26(31)30(19-23-12-8-5-9-13-23)25(27(32)28-2)18-22-10-6-4-7-11-22/h4-17,25H,18-20H2,1-3H3,(H,28,32)/t25-/m1/s1. The van der Waals surface area contributed by atoms with Gasteiger partial charge in [0.25, 0.3) is 0 Å². The first kappa shape index (κ1) is 26.1. The van der Waals surface area contributed by atoms with E-state index in [0.717, 1.165) is 21.0 Å². The lowest BCUT2D eigenvalue weighted by atomic mass is 10.0. The van der Waals surface area contributed by atoms with Gasteiger partial charge in [0, 0.05) is 27.1 Å². The van der Waals surface area contributed by atoms with Crippen molar-refractivity contribution >= 4 is 21.8 Å². The second-order valence-corrected chi connectivity index (χ2v) is 10.4. The molecule has 0 aliphatic rings. The van der Waals surface area contributed by atoms with Crippen molar-refractivity contribution in [3.05, 3.63) is 102 Å². The van der Waals surface area contributed by atoms with Crippen molar-refractivity contribution in [1.82, 2.24) is 14.5 Å². The summed E-state index contributed by atoms with van der Waals surface area (Å²) < 4.78 is 27.2. The number of carbonyl (C=O) groups is 2. The molecule has 0 aromatic heterocycles. The minimum atomic E-state index is -3.88. The van der Waals surface area contributed by atoms with E-state index in [9.17, 15) is 18.0 Å². The van der Waals surface area contributed by atoms with Crippen LogP contribution in [0.2, 0.25) is 0 Å². The second kappa shape index (κ2) is 11.8. The fourth-order valence-corrected chi connectivity index (χ4v) is 4.88. The van der Waals surface area contributed by atoms with Crippen LogP contribution < -0.4 is 5.32 Å². The minimum absolute atomic E-state index is 0.111. The number of nitrogens with one attached hydrogen (secondary N) is 1. The maximum atomic E-state index is 13.6. The van der Waals surface area contributed by atoms with Gasteiger partial charge >= 0.3 is 0 Å². The third-order valence-corrected chi connectivity index (χ3v) is 7.62. The zero-order valence-corrected chi connectivity index (χ0v) is 21.0. The van der Waals surface area contributed by atoms with Crippen LogP contribution in [-0.2, 0) is 32.6 Å². The van der Waals surface area contributed by atoms with Gasteiger partial charge in [-0.3, -0.25) is 9.59 Å². The van der Waals surface area contributed by atoms with E-state index in [1.54, 1.807) is 12.1 Å². The highest BCUT2D eigenvalue weighted by Gasteiger charge is 2.32. The van der Waals surface area contributed by atoms with Gasteiger partial charge in [-0.25, -0.2) is 8.42 Å². The fourth-order valence-electron chi connectivity index (χ4n) is 3.76. The van der Waals surface area contributed by atoms with Crippen molar-refractivity contribution in [2.75, 3.05) is 20.6 Å². The number of aryl methyl sites for hydroxylation is 1. The number of rotatable bonds is 10. The van der Waals surface area contributed by atoms with Crippen molar-refractivity contribution in [3.8, 4) is 0 Å². The van der Waals surface area contributed by atoms with E-state index in [2.05, 4.69) is 5.32 Å². The van der Waals surface area contributed by atoms with Crippen LogP contribution in [0.4, 0.5) is 0 Å². The maximum absolute atomic E-state index is 13.6. The Hall–Kier alpha value is -3.49. The van der Waals surface area contributed by atoms with Crippen LogP contribution in [0.5, 0.6) is 0 Å². The summed E-state index contributed by atoms with van der Waals surface area (Å²) in [6.45, 7) is 1.64. The Labute approximate surface area is 207 Å². The first-order valence-corrected chi connectivity index (χ1v) is 12.8. The predicted molar refractivity (Wildman–Crippen MR) is 136 cm³/mol. The lowest BCUT2D eigenvalue weighted by Gasteiger charge is -2.32. The second-order valence-electron chi connectivity index (χ2n) is 8.40. The molecule has 184 valence electrons. The van der Waals surface area contributed by atoms with Crippen LogP contribution >= 0.6 is 0 Å². The molecule has 0 aliphatic heterocycles. The normalized spacial score (nSPS) is 12.2. The highest BCUT2D eigenvalue weighted by molar-refractivity contribution is 7.89. The van der Waals surface area contributed by atoms with Gasteiger partial charge in [0.2, 0.25) is 21.8 Å². The molecule has 7 nitrogen and oxygen atoms in total. The third kappa shape index (κ3) is 6.77. The van der Waals surface area contributed by atoms with Crippen molar-refractivity contribution in [1.29, 1.82) is 0 Å². The Morgan fingerprint density at radius 1 is 0.857 bits per heavy atom. The maximum Gasteiger partial charge on any atom is 0.243 e.